The first-order valence-corrected chi connectivity index (χ1v) is 37.3. The lowest BCUT2D eigenvalue weighted by Crippen LogP contribution is -2.66. The first kappa shape index (κ1) is 83.0. The zero-order chi connectivity index (χ0) is 65.4. The SMILES string of the molecule is CCCCCCCCCCCCCCCCCCCCCCCCCCCCCCCCCCCCCCCCCC(=O)NC(COC1OC(CO)C(OC2OC(CO)C(OC3OC(CO)C(O)C(O)C3O)C(O)C2O)C(O)C1O)C(O)CCCCCCCC. The minimum atomic E-state index is -1.97. The smallest absolute Gasteiger partial charge is 0.220 e. The van der Waals surface area contributed by atoms with Crippen molar-refractivity contribution < 1.29 is 89.4 Å². The van der Waals surface area contributed by atoms with E-state index in [-0.39, 0.29) is 18.9 Å². The maximum Gasteiger partial charge on any atom is 0.220 e. The van der Waals surface area contributed by atoms with Crippen LogP contribution in [0.1, 0.15) is 316 Å². The number of ether oxygens (including phenoxy) is 6. The molecule has 3 heterocycles. The van der Waals surface area contributed by atoms with Gasteiger partial charge < -0.3 is 89.9 Å². The second kappa shape index (κ2) is 53.9. The zero-order valence-corrected chi connectivity index (χ0v) is 56.7. The molecule has 534 valence electrons. The van der Waals surface area contributed by atoms with E-state index < -0.39 is 124 Å². The number of hydrogen-bond donors (Lipinski definition) is 12. The van der Waals surface area contributed by atoms with Crippen LogP contribution in [0.25, 0.3) is 0 Å². The van der Waals surface area contributed by atoms with Gasteiger partial charge in [0.05, 0.1) is 38.6 Å². The Morgan fingerprint density at radius 2 is 0.633 bits per heavy atom. The van der Waals surface area contributed by atoms with Crippen molar-refractivity contribution in [2.75, 3.05) is 26.4 Å². The fourth-order valence-corrected chi connectivity index (χ4v) is 13.1. The molecular formula is C71H137NO18. The Morgan fingerprint density at radius 1 is 0.356 bits per heavy atom. The Balaban J connectivity index is 1.21. The normalized spacial score (nSPS) is 27.9. The van der Waals surface area contributed by atoms with Crippen molar-refractivity contribution >= 4 is 5.91 Å². The topological polar surface area (TPSA) is 307 Å². The predicted molar refractivity (Wildman–Crippen MR) is 351 cm³/mol. The molecule has 1 amide bonds. The lowest BCUT2D eigenvalue weighted by molar-refractivity contribution is -0.379. The number of rotatable bonds is 59. The molecule has 19 nitrogen and oxygen atoms in total. The first-order chi connectivity index (χ1) is 43.8. The Labute approximate surface area is 544 Å². The molecule has 17 atom stereocenters. The molecule has 0 aromatic heterocycles. The molecule has 0 bridgehead atoms. The second-order valence-corrected chi connectivity index (χ2v) is 27.1. The summed E-state index contributed by atoms with van der Waals surface area (Å²) in [5, 5.41) is 120. The highest BCUT2D eigenvalue weighted by Crippen LogP contribution is 2.33. The summed E-state index contributed by atoms with van der Waals surface area (Å²) in [6.45, 7) is 1.75. The van der Waals surface area contributed by atoms with Crippen molar-refractivity contribution in [2.24, 2.45) is 0 Å². The number of aliphatic hydroxyl groups excluding tert-OH is 11. The van der Waals surface area contributed by atoms with E-state index in [2.05, 4.69) is 19.2 Å². The number of aliphatic hydroxyl groups is 11. The zero-order valence-electron chi connectivity index (χ0n) is 56.7. The van der Waals surface area contributed by atoms with Crippen molar-refractivity contribution in [3.05, 3.63) is 0 Å². The number of carbonyl (C=O) groups excluding carboxylic acids is 1. The molecule has 0 aliphatic carbocycles. The summed E-state index contributed by atoms with van der Waals surface area (Å²) in [4.78, 5) is 13.3. The van der Waals surface area contributed by atoms with Crippen LogP contribution in [0.2, 0.25) is 0 Å². The summed E-state index contributed by atoms with van der Waals surface area (Å²) in [7, 11) is 0. The van der Waals surface area contributed by atoms with Crippen LogP contribution in [0, 0.1) is 0 Å². The second-order valence-electron chi connectivity index (χ2n) is 27.1. The van der Waals surface area contributed by atoms with Gasteiger partial charge in [-0.25, -0.2) is 0 Å². The standard InChI is InChI=1S/C71H137NO18/c1-3-5-7-9-11-12-13-14-15-16-17-18-19-20-21-22-23-24-25-26-27-28-29-30-31-32-33-34-35-36-37-38-39-40-41-42-43-45-47-49-59(77)72-54(55(76)48-46-44-10-8-6-4-2)53-85-69-65(83)62(80)67(57(51-74)87-69)90-71-66(84)63(81)68(58(52-75)88-71)89-70-64(82)61(79)60(78)56(50-73)86-70/h54-58,60-71,73-76,78-84H,3-53H2,1-2H3,(H,72,77). The third-order valence-corrected chi connectivity index (χ3v) is 19.2. The fraction of sp³-hybridized carbons (Fsp3) is 0.986. The molecule has 12 N–H and O–H groups in total. The van der Waals surface area contributed by atoms with E-state index in [0.29, 0.717) is 12.8 Å². The molecule has 19 heteroatoms. The van der Waals surface area contributed by atoms with Gasteiger partial charge in [-0.2, -0.15) is 0 Å². The molecule has 90 heavy (non-hydrogen) atoms. The van der Waals surface area contributed by atoms with Gasteiger partial charge in [-0.3, -0.25) is 4.79 Å². The van der Waals surface area contributed by atoms with Crippen molar-refractivity contribution in [3.8, 4) is 0 Å². The Kier molecular flexibility index (Phi) is 49.7. The van der Waals surface area contributed by atoms with Crippen LogP contribution < -0.4 is 5.32 Å². The Hall–Kier alpha value is -1.21. The van der Waals surface area contributed by atoms with Gasteiger partial charge in [-0.15, -0.1) is 0 Å². The summed E-state index contributed by atoms with van der Waals surface area (Å²) in [5.74, 6) is -0.241. The quantitative estimate of drug-likeness (QED) is 0.0252. The van der Waals surface area contributed by atoms with Gasteiger partial charge in [0.15, 0.2) is 18.9 Å². The van der Waals surface area contributed by atoms with Crippen molar-refractivity contribution in [1.29, 1.82) is 0 Å². The highest BCUT2D eigenvalue weighted by molar-refractivity contribution is 5.76. The van der Waals surface area contributed by atoms with Crippen molar-refractivity contribution in [2.45, 2.75) is 420 Å². The van der Waals surface area contributed by atoms with Crippen LogP contribution in [0.15, 0.2) is 0 Å². The first-order valence-electron chi connectivity index (χ1n) is 37.3. The Bertz CT molecular complexity index is 1640. The Morgan fingerprint density at radius 3 is 0.967 bits per heavy atom. The number of amides is 1. The largest absolute Gasteiger partial charge is 0.394 e. The molecule has 3 aliphatic heterocycles. The molecule has 3 saturated heterocycles. The van der Waals surface area contributed by atoms with Crippen LogP contribution in [0.3, 0.4) is 0 Å². The number of nitrogens with one attached hydrogen (secondary N) is 1. The van der Waals surface area contributed by atoms with Gasteiger partial charge in [-0.1, -0.05) is 296 Å². The monoisotopic (exact) mass is 1290 g/mol. The number of carbonyl (C=O) groups is 1. The lowest BCUT2D eigenvalue weighted by atomic mass is 9.96. The maximum atomic E-state index is 13.3. The van der Waals surface area contributed by atoms with Crippen LogP contribution in [-0.4, -0.2) is 193 Å². The molecule has 0 saturated carbocycles. The molecule has 0 aromatic carbocycles. The van der Waals surface area contributed by atoms with E-state index in [9.17, 15) is 61.0 Å². The summed E-state index contributed by atoms with van der Waals surface area (Å²) in [6.07, 6.45) is 33.1. The lowest BCUT2D eigenvalue weighted by Gasteiger charge is -2.48. The molecule has 0 aromatic rings. The van der Waals surface area contributed by atoms with Gasteiger partial charge in [0, 0.05) is 6.42 Å². The molecule has 3 fully saturated rings. The molecule has 3 aliphatic rings. The van der Waals surface area contributed by atoms with E-state index in [1.165, 1.54) is 225 Å². The average molecular weight is 1290 g/mol. The van der Waals surface area contributed by atoms with Gasteiger partial charge >= 0.3 is 0 Å². The molecule has 17 unspecified atom stereocenters. The molecule has 0 spiro atoms. The highest BCUT2D eigenvalue weighted by Gasteiger charge is 2.53. The molecular weight excluding hydrogens is 1150 g/mol. The molecule has 3 rings (SSSR count). The maximum absolute atomic E-state index is 13.3. The van der Waals surface area contributed by atoms with E-state index >= 15 is 0 Å². The van der Waals surface area contributed by atoms with Crippen LogP contribution in [0.5, 0.6) is 0 Å². The highest BCUT2D eigenvalue weighted by atomic mass is 16.8. The van der Waals surface area contributed by atoms with Crippen LogP contribution in [-0.2, 0) is 33.2 Å². The summed E-state index contributed by atoms with van der Waals surface area (Å²) in [6, 6.07) is -0.879. The van der Waals surface area contributed by atoms with E-state index in [1.807, 2.05) is 0 Å². The van der Waals surface area contributed by atoms with Crippen LogP contribution >= 0.6 is 0 Å². The molecule has 0 radical (unpaired) electrons. The predicted octanol–water partition coefficient (Wildman–Crippen LogP) is 10.7. The minimum absolute atomic E-state index is 0.241. The van der Waals surface area contributed by atoms with Gasteiger partial charge in [0.2, 0.25) is 5.91 Å². The summed E-state index contributed by atoms with van der Waals surface area (Å²) < 4.78 is 34.2. The van der Waals surface area contributed by atoms with Gasteiger partial charge in [-0.05, 0) is 12.8 Å². The average Bonchev–Trinajstić information content (AvgIpc) is 1.11. The van der Waals surface area contributed by atoms with E-state index in [1.54, 1.807) is 0 Å². The minimum Gasteiger partial charge on any atom is -0.394 e. The van der Waals surface area contributed by atoms with Gasteiger partial charge in [0.1, 0.15) is 73.2 Å². The van der Waals surface area contributed by atoms with Crippen LogP contribution in [0.4, 0.5) is 0 Å². The summed E-state index contributed by atoms with van der Waals surface area (Å²) >= 11 is 0. The summed E-state index contributed by atoms with van der Waals surface area (Å²) in [5.41, 5.74) is 0. The number of hydrogen-bond acceptors (Lipinski definition) is 18. The van der Waals surface area contributed by atoms with Gasteiger partial charge in [0.25, 0.3) is 0 Å². The third-order valence-electron chi connectivity index (χ3n) is 19.2. The van der Waals surface area contributed by atoms with E-state index in [0.717, 1.165) is 57.8 Å². The van der Waals surface area contributed by atoms with E-state index in [4.69, 9.17) is 28.4 Å². The third kappa shape index (κ3) is 35.2. The van der Waals surface area contributed by atoms with Crippen molar-refractivity contribution in [1.82, 2.24) is 5.32 Å². The van der Waals surface area contributed by atoms with Crippen molar-refractivity contribution in [3.63, 3.8) is 0 Å². The number of unbranched alkanes of at least 4 members (excludes halogenated alkanes) is 43. The fourth-order valence-electron chi connectivity index (χ4n) is 13.1.